The molecule has 42 heavy (non-hydrogen) atoms. The molecule has 0 fully saturated rings. The SMILES string of the molecule is COc1cccc(C(=O)Nc2cc(-c3noc(-c4sc(NC(=O)NCCc5cccnc5)nc4N)n3)c(F)cc2F)c1. The lowest BCUT2D eigenvalue weighted by molar-refractivity contribution is 0.102. The number of thiazole rings is 1. The molecule has 3 amide bonds. The van der Waals surface area contributed by atoms with Crippen LogP contribution in [-0.2, 0) is 6.42 Å². The van der Waals surface area contributed by atoms with Crippen molar-refractivity contribution in [2.45, 2.75) is 6.42 Å². The molecule has 0 aliphatic rings. The number of methoxy groups -OCH3 is 1. The summed E-state index contributed by atoms with van der Waals surface area (Å²) in [7, 11) is 1.45. The maximum atomic E-state index is 14.7. The summed E-state index contributed by atoms with van der Waals surface area (Å²) in [6, 6.07) is 11.1. The van der Waals surface area contributed by atoms with E-state index < -0.39 is 23.6 Å². The lowest BCUT2D eigenvalue weighted by Gasteiger charge is -2.09. The largest absolute Gasteiger partial charge is 0.497 e. The van der Waals surface area contributed by atoms with Gasteiger partial charge in [0.1, 0.15) is 28.1 Å². The van der Waals surface area contributed by atoms with E-state index in [1.165, 1.54) is 19.2 Å². The van der Waals surface area contributed by atoms with Gasteiger partial charge in [0.05, 0.1) is 18.4 Å². The van der Waals surface area contributed by atoms with E-state index >= 15 is 0 Å². The van der Waals surface area contributed by atoms with Crippen molar-refractivity contribution >= 4 is 39.9 Å². The van der Waals surface area contributed by atoms with E-state index in [-0.39, 0.29) is 44.4 Å². The molecule has 3 heterocycles. The Morgan fingerprint density at radius 1 is 1.07 bits per heavy atom. The molecule has 0 spiro atoms. The molecule has 12 nitrogen and oxygen atoms in total. The summed E-state index contributed by atoms with van der Waals surface area (Å²) in [5, 5.41) is 11.6. The Morgan fingerprint density at radius 2 is 1.93 bits per heavy atom. The van der Waals surface area contributed by atoms with Crippen molar-refractivity contribution in [3.63, 3.8) is 0 Å². The number of rotatable bonds is 9. The minimum atomic E-state index is -1.00. The number of hydrogen-bond acceptors (Lipinski definition) is 10. The molecule has 3 aromatic heterocycles. The van der Waals surface area contributed by atoms with Crippen LogP contribution in [0.5, 0.6) is 5.75 Å². The Balaban J connectivity index is 1.28. The Bertz CT molecular complexity index is 1750. The number of amides is 3. The number of hydrogen-bond donors (Lipinski definition) is 4. The van der Waals surface area contributed by atoms with Gasteiger partial charge in [-0.2, -0.15) is 4.98 Å². The third kappa shape index (κ3) is 6.47. The standard InChI is InChI=1S/C27H22F2N8O4S/c1-40-16-6-2-5-15(10-16)24(38)33-20-11-17(18(28)12-19(20)29)23-35-25(41-37-23)21-22(30)34-27(42-21)36-26(39)32-9-7-14-4-3-8-31-13-14/h2-6,8,10-13H,7,9,30H2,1H3,(H,33,38)(H2,32,34,36,39). The number of nitrogens with one attached hydrogen (secondary N) is 3. The lowest BCUT2D eigenvalue weighted by atomic mass is 10.1. The molecule has 15 heteroatoms. The number of carbonyl (C=O) groups is 2. The van der Waals surface area contributed by atoms with Crippen molar-refractivity contribution in [2.75, 3.05) is 30.0 Å². The zero-order valence-corrected chi connectivity index (χ0v) is 22.7. The molecule has 0 radical (unpaired) electrons. The van der Waals surface area contributed by atoms with Crippen LogP contribution in [0.2, 0.25) is 0 Å². The highest BCUT2D eigenvalue weighted by Gasteiger charge is 2.22. The summed E-state index contributed by atoms with van der Waals surface area (Å²) >= 11 is 0.963. The summed E-state index contributed by atoms with van der Waals surface area (Å²) in [5.74, 6) is -2.53. The van der Waals surface area contributed by atoms with E-state index in [0.29, 0.717) is 24.8 Å². The maximum absolute atomic E-state index is 14.7. The second-order valence-corrected chi connectivity index (χ2v) is 9.65. The number of ether oxygens (including phenoxy) is 1. The molecular weight excluding hydrogens is 570 g/mol. The molecule has 5 aromatic rings. The number of halogens is 2. The van der Waals surface area contributed by atoms with E-state index in [0.717, 1.165) is 23.0 Å². The molecule has 2 aromatic carbocycles. The van der Waals surface area contributed by atoms with E-state index in [1.807, 2.05) is 12.1 Å². The van der Waals surface area contributed by atoms with Crippen LogP contribution in [0.15, 0.2) is 65.4 Å². The molecule has 0 saturated carbocycles. The zero-order chi connectivity index (χ0) is 29.6. The van der Waals surface area contributed by atoms with E-state index in [9.17, 15) is 18.4 Å². The number of aromatic nitrogens is 4. The first kappa shape index (κ1) is 28.1. The van der Waals surface area contributed by atoms with Crippen LogP contribution < -0.4 is 26.4 Å². The summed E-state index contributed by atoms with van der Waals surface area (Å²) in [4.78, 5) is 37.5. The first-order valence-corrected chi connectivity index (χ1v) is 13.1. The van der Waals surface area contributed by atoms with Crippen molar-refractivity contribution in [1.29, 1.82) is 0 Å². The molecular formula is C27H22F2N8O4S. The quantitative estimate of drug-likeness (QED) is 0.189. The first-order chi connectivity index (χ1) is 20.3. The van der Waals surface area contributed by atoms with Gasteiger partial charge in [-0.15, -0.1) is 0 Å². The summed E-state index contributed by atoms with van der Waals surface area (Å²) in [6.45, 7) is 0.365. The number of pyridine rings is 1. The van der Waals surface area contributed by atoms with Gasteiger partial charge in [-0.25, -0.2) is 18.6 Å². The first-order valence-electron chi connectivity index (χ1n) is 12.3. The number of benzene rings is 2. The van der Waals surface area contributed by atoms with Gasteiger partial charge in [0.2, 0.25) is 5.82 Å². The van der Waals surface area contributed by atoms with Crippen molar-refractivity contribution in [2.24, 2.45) is 0 Å². The number of anilines is 3. The summed E-state index contributed by atoms with van der Waals surface area (Å²) in [6.07, 6.45) is 3.96. The van der Waals surface area contributed by atoms with Gasteiger partial charge < -0.3 is 25.6 Å². The van der Waals surface area contributed by atoms with E-state index in [4.69, 9.17) is 15.0 Å². The monoisotopic (exact) mass is 592 g/mol. The second-order valence-electron chi connectivity index (χ2n) is 8.65. The number of urea groups is 1. The van der Waals surface area contributed by atoms with Crippen LogP contribution in [-0.4, -0.2) is 45.7 Å². The van der Waals surface area contributed by atoms with Gasteiger partial charge >= 0.3 is 6.03 Å². The van der Waals surface area contributed by atoms with Crippen LogP contribution >= 0.6 is 11.3 Å². The molecule has 0 atom stereocenters. The van der Waals surface area contributed by atoms with Crippen LogP contribution in [0.25, 0.3) is 22.2 Å². The predicted molar refractivity (Wildman–Crippen MR) is 151 cm³/mol. The summed E-state index contributed by atoms with van der Waals surface area (Å²) < 4.78 is 39.6. The minimum absolute atomic E-state index is 0.00770. The van der Waals surface area contributed by atoms with E-state index in [2.05, 4.69) is 36.1 Å². The molecule has 5 rings (SSSR count). The zero-order valence-electron chi connectivity index (χ0n) is 21.9. The van der Waals surface area contributed by atoms with Crippen molar-refractivity contribution < 1.29 is 27.6 Å². The normalized spacial score (nSPS) is 10.7. The molecule has 0 saturated heterocycles. The Labute approximate surface area is 241 Å². The van der Waals surface area contributed by atoms with Gasteiger partial charge in [0.15, 0.2) is 5.13 Å². The van der Waals surface area contributed by atoms with Crippen molar-refractivity contribution in [3.05, 3.63) is 83.7 Å². The maximum Gasteiger partial charge on any atom is 0.321 e. The van der Waals surface area contributed by atoms with Gasteiger partial charge in [0.25, 0.3) is 11.8 Å². The molecule has 5 N–H and O–H groups in total. The lowest BCUT2D eigenvalue weighted by Crippen LogP contribution is -2.30. The third-order valence-electron chi connectivity index (χ3n) is 5.79. The highest BCUT2D eigenvalue weighted by atomic mass is 32.1. The second kappa shape index (κ2) is 12.4. The van der Waals surface area contributed by atoms with Gasteiger partial charge in [0, 0.05) is 30.6 Å². The Kier molecular flexibility index (Phi) is 8.29. The van der Waals surface area contributed by atoms with Crippen molar-refractivity contribution in [3.8, 4) is 27.9 Å². The fourth-order valence-corrected chi connectivity index (χ4v) is 4.55. The average molecular weight is 593 g/mol. The fourth-order valence-electron chi connectivity index (χ4n) is 3.75. The smallest absolute Gasteiger partial charge is 0.321 e. The highest BCUT2D eigenvalue weighted by Crippen LogP contribution is 2.35. The predicted octanol–water partition coefficient (Wildman–Crippen LogP) is 4.74. The van der Waals surface area contributed by atoms with Crippen LogP contribution in [0.1, 0.15) is 15.9 Å². The van der Waals surface area contributed by atoms with Gasteiger partial charge in [-0.3, -0.25) is 15.1 Å². The van der Waals surface area contributed by atoms with Gasteiger partial charge in [-0.05, 0) is 42.3 Å². The van der Waals surface area contributed by atoms with Gasteiger partial charge in [-0.1, -0.05) is 28.6 Å². The average Bonchev–Trinajstić information content (AvgIpc) is 3.61. The number of nitrogens with zero attached hydrogens (tertiary/aromatic N) is 4. The van der Waals surface area contributed by atoms with Crippen LogP contribution in [0.3, 0.4) is 0 Å². The van der Waals surface area contributed by atoms with Crippen LogP contribution in [0, 0.1) is 11.6 Å². The Hall–Kier alpha value is -5.44. The van der Waals surface area contributed by atoms with Crippen LogP contribution in [0.4, 0.5) is 30.2 Å². The topological polar surface area (TPSA) is 170 Å². The molecule has 0 aliphatic heterocycles. The van der Waals surface area contributed by atoms with E-state index in [1.54, 1.807) is 24.5 Å². The molecule has 0 unspecified atom stereocenters. The molecule has 0 aliphatic carbocycles. The number of nitrogen functional groups attached to an aromatic ring is 1. The van der Waals surface area contributed by atoms with Crippen molar-refractivity contribution in [1.82, 2.24) is 25.4 Å². The third-order valence-corrected chi connectivity index (χ3v) is 6.77. The summed E-state index contributed by atoms with van der Waals surface area (Å²) in [5.41, 5.74) is 6.62. The minimum Gasteiger partial charge on any atom is -0.497 e. The fraction of sp³-hybridized carbons (Fsp3) is 0.111. The number of nitrogens with two attached hydrogens (primary N) is 1. The Morgan fingerprint density at radius 3 is 2.71 bits per heavy atom. The highest BCUT2D eigenvalue weighted by molar-refractivity contribution is 7.19. The molecule has 214 valence electrons. The molecule has 0 bridgehead atoms. The number of carbonyl (C=O) groups excluding carboxylic acids is 2.